The van der Waals surface area contributed by atoms with Crippen LogP contribution >= 0.6 is 0 Å². The van der Waals surface area contributed by atoms with E-state index in [4.69, 9.17) is 15.7 Å². The maximum absolute atomic E-state index is 5.70. The average molecular weight is 270 g/mol. The predicted molar refractivity (Wildman–Crippen MR) is 80.6 cm³/mol. The number of rotatable bonds is 6. The van der Waals surface area contributed by atoms with Gasteiger partial charge in [0, 0.05) is 23.3 Å². The van der Waals surface area contributed by atoms with Gasteiger partial charge >= 0.3 is 0 Å². The van der Waals surface area contributed by atoms with Crippen molar-refractivity contribution in [2.24, 2.45) is 5.73 Å². The van der Waals surface area contributed by atoms with Crippen LogP contribution in [-0.4, -0.2) is 21.5 Å². The van der Waals surface area contributed by atoms with E-state index >= 15 is 0 Å². The molecule has 0 fully saturated rings. The van der Waals surface area contributed by atoms with Gasteiger partial charge in [-0.05, 0) is 43.5 Å². The van der Waals surface area contributed by atoms with Crippen LogP contribution in [0.4, 0.5) is 0 Å². The lowest BCUT2D eigenvalue weighted by molar-refractivity contribution is 0.797. The molecule has 4 heteroatoms. The van der Waals surface area contributed by atoms with Crippen molar-refractivity contribution in [3.63, 3.8) is 0 Å². The Balaban J connectivity index is 2.35. The summed E-state index contributed by atoms with van der Waals surface area (Å²) >= 11 is 0. The lowest BCUT2D eigenvalue weighted by Crippen LogP contribution is -2.13. The summed E-state index contributed by atoms with van der Waals surface area (Å²) in [5.41, 5.74) is 10.2. The first-order valence-corrected chi connectivity index (χ1v) is 7.26. The van der Waals surface area contributed by atoms with E-state index in [0.717, 1.165) is 42.2 Å². The molecule has 0 unspecified atom stereocenters. The minimum atomic E-state index is 0.642. The van der Waals surface area contributed by atoms with E-state index < -0.39 is 0 Å². The Morgan fingerprint density at radius 1 is 1.05 bits per heavy atom. The van der Waals surface area contributed by atoms with Crippen molar-refractivity contribution < 1.29 is 0 Å². The van der Waals surface area contributed by atoms with E-state index in [2.05, 4.69) is 18.8 Å². The molecule has 0 radical (unpaired) electrons. The molecular weight excluding hydrogens is 248 g/mol. The topological polar surface area (TPSA) is 64.7 Å². The molecule has 2 N–H and O–H groups in total. The third-order valence-electron chi connectivity index (χ3n) is 3.35. The average Bonchev–Trinajstić information content (AvgIpc) is 2.49. The highest BCUT2D eigenvalue weighted by Gasteiger charge is 2.12. The Labute approximate surface area is 120 Å². The quantitative estimate of drug-likeness (QED) is 0.873. The van der Waals surface area contributed by atoms with Crippen LogP contribution in [0.3, 0.4) is 0 Å². The van der Waals surface area contributed by atoms with Gasteiger partial charge in [0.05, 0.1) is 6.42 Å². The van der Waals surface area contributed by atoms with Crippen LogP contribution in [0.25, 0.3) is 0 Å². The number of pyridine rings is 1. The van der Waals surface area contributed by atoms with Gasteiger partial charge in [0.15, 0.2) is 0 Å². The lowest BCUT2D eigenvalue weighted by Gasteiger charge is -2.13. The molecule has 0 saturated carbocycles. The summed E-state index contributed by atoms with van der Waals surface area (Å²) < 4.78 is 0. The highest BCUT2D eigenvalue weighted by Crippen LogP contribution is 2.15. The summed E-state index contributed by atoms with van der Waals surface area (Å²) in [6.07, 6.45) is 5.18. The largest absolute Gasteiger partial charge is 0.330 e. The summed E-state index contributed by atoms with van der Waals surface area (Å²) in [4.78, 5) is 13.8. The first-order valence-electron chi connectivity index (χ1n) is 7.26. The summed E-state index contributed by atoms with van der Waals surface area (Å²) in [5, 5.41) is 0. The van der Waals surface area contributed by atoms with Crippen LogP contribution in [0.15, 0.2) is 24.4 Å². The lowest BCUT2D eigenvalue weighted by atomic mass is 10.0. The van der Waals surface area contributed by atoms with Crippen LogP contribution < -0.4 is 5.73 Å². The minimum absolute atomic E-state index is 0.642. The second-order valence-corrected chi connectivity index (χ2v) is 4.76. The number of aryl methyl sites for hydroxylation is 2. The molecule has 2 heterocycles. The molecule has 106 valence electrons. The standard InChI is InChI=1S/C16H22N4/c1-3-14-13(8-9-17)15(4-2)20-16(19-14)11-12-7-5-6-10-18-12/h5-7,10H,3-4,8-9,11,17H2,1-2H3. The van der Waals surface area contributed by atoms with Crippen molar-refractivity contribution in [3.05, 3.63) is 52.9 Å². The second kappa shape index (κ2) is 7.10. The highest BCUT2D eigenvalue weighted by atomic mass is 14.9. The number of nitrogens with two attached hydrogens (primary N) is 1. The van der Waals surface area contributed by atoms with Crippen molar-refractivity contribution in [1.82, 2.24) is 15.0 Å². The summed E-state index contributed by atoms with van der Waals surface area (Å²) in [5.74, 6) is 0.859. The van der Waals surface area contributed by atoms with Crippen LogP contribution in [-0.2, 0) is 25.7 Å². The highest BCUT2D eigenvalue weighted by molar-refractivity contribution is 5.28. The van der Waals surface area contributed by atoms with Gasteiger partial charge in [-0.15, -0.1) is 0 Å². The van der Waals surface area contributed by atoms with E-state index in [-0.39, 0.29) is 0 Å². The predicted octanol–water partition coefficient (Wildman–Crippen LogP) is 2.09. The fraction of sp³-hybridized carbons (Fsp3) is 0.438. The van der Waals surface area contributed by atoms with Crippen molar-refractivity contribution in [3.8, 4) is 0 Å². The normalized spacial score (nSPS) is 10.8. The molecule has 2 aromatic rings. The van der Waals surface area contributed by atoms with Gasteiger partial charge < -0.3 is 5.73 Å². The zero-order valence-electron chi connectivity index (χ0n) is 12.3. The van der Waals surface area contributed by atoms with Crippen LogP contribution in [0, 0.1) is 0 Å². The van der Waals surface area contributed by atoms with Crippen LogP contribution in [0.1, 0.15) is 42.3 Å². The Kier molecular flexibility index (Phi) is 5.18. The van der Waals surface area contributed by atoms with Crippen LogP contribution in [0.5, 0.6) is 0 Å². The molecule has 2 rings (SSSR count). The van der Waals surface area contributed by atoms with E-state index in [9.17, 15) is 0 Å². The van der Waals surface area contributed by atoms with Gasteiger partial charge in [0.25, 0.3) is 0 Å². The number of hydrogen-bond donors (Lipinski definition) is 1. The number of hydrogen-bond acceptors (Lipinski definition) is 4. The fourth-order valence-electron chi connectivity index (χ4n) is 2.40. The van der Waals surface area contributed by atoms with E-state index in [1.165, 1.54) is 5.56 Å². The summed E-state index contributed by atoms with van der Waals surface area (Å²) in [6, 6.07) is 5.92. The number of aromatic nitrogens is 3. The third-order valence-corrected chi connectivity index (χ3v) is 3.35. The molecule has 0 atom stereocenters. The molecule has 0 aromatic carbocycles. The smallest absolute Gasteiger partial charge is 0.134 e. The van der Waals surface area contributed by atoms with Gasteiger partial charge in [-0.25, -0.2) is 9.97 Å². The van der Waals surface area contributed by atoms with Crippen LogP contribution in [0.2, 0.25) is 0 Å². The molecule has 0 bridgehead atoms. The van der Waals surface area contributed by atoms with Gasteiger partial charge in [-0.1, -0.05) is 19.9 Å². The van der Waals surface area contributed by atoms with E-state index in [1.807, 2.05) is 18.2 Å². The molecule has 0 aliphatic heterocycles. The Hall–Kier alpha value is -1.81. The molecule has 2 aromatic heterocycles. The van der Waals surface area contributed by atoms with E-state index in [1.54, 1.807) is 6.20 Å². The molecule has 0 saturated heterocycles. The molecule has 0 spiro atoms. The molecule has 20 heavy (non-hydrogen) atoms. The van der Waals surface area contributed by atoms with Gasteiger partial charge in [-0.2, -0.15) is 0 Å². The van der Waals surface area contributed by atoms with Crippen molar-refractivity contribution in [2.45, 2.75) is 39.5 Å². The van der Waals surface area contributed by atoms with Gasteiger partial charge in [-0.3, -0.25) is 4.98 Å². The third kappa shape index (κ3) is 3.39. The van der Waals surface area contributed by atoms with Crippen molar-refractivity contribution >= 4 is 0 Å². The van der Waals surface area contributed by atoms with E-state index in [0.29, 0.717) is 13.0 Å². The molecular formula is C16H22N4. The molecule has 4 nitrogen and oxygen atoms in total. The first kappa shape index (κ1) is 14.6. The zero-order valence-corrected chi connectivity index (χ0v) is 12.3. The zero-order chi connectivity index (χ0) is 14.4. The van der Waals surface area contributed by atoms with Crippen molar-refractivity contribution in [1.29, 1.82) is 0 Å². The minimum Gasteiger partial charge on any atom is -0.330 e. The Morgan fingerprint density at radius 3 is 2.25 bits per heavy atom. The number of nitrogens with zero attached hydrogens (tertiary/aromatic N) is 3. The first-order chi connectivity index (χ1) is 9.78. The molecule has 0 amide bonds. The fourth-order valence-corrected chi connectivity index (χ4v) is 2.40. The van der Waals surface area contributed by atoms with Gasteiger partial charge in [0.1, 0.15) is 5.82 Å². The second-order valence-electron chi connectivity index (χ2n) is 4.76. The maximum atomic E-state index is 5.70. The van der Waals surface area contributed by atoms with Crippen molar-refractivity contribution in [2.75, 3.05) is 6.54 Å². The SMILES string of the molecule is CCc1nc(Cc2ccccn2)nc(CC)c1CCN. The summed E-state index contributed by atoms with van der Waals surface area (Å²) in [7, 11) is 0. The molecule has 0 aliphatic carbocycles. The van der Waals surface area contributed by atoms with Gasteiger partial charge in [0.2, 0.25) is 0 Å². The molecule has 0 aliphatic rings. The summed E-state index contributed by atoms with van der Waals surface area (Å²) in [6.45, 7) is 4.90. The monoisotopic (exact) mass is 270 g/mol. The maximum Gasteiger partial charge on any atom is 0.134 e. The Bertz CT molecular complexity index is 527. The Morgan fingerprint density at radius 2 is 1.75 bits per heavy atom.